The van der Waals surface area contributed by atoms with Gasteiger partial charge in [0.15, 0.2) is 11.4 Å². The van der Waals surface area contributed by atoms with Gasteiger partial charge in [0, 0.05) is 43.0 Å². The Bertz CT molecular complexity index is 1590. The fourth-order valence-corrected chi connectivity index (χ4v) is 4.86. The number of terminal acetylenes is 1. The smallest absolute Gasteiger partial charge is 0.182 e. The van der Waals surface area contributed by atoms with Gasteiger partial charge in [-0.05, 0) is 60.5 Å². The van der Waals surface area contributed by atoms with E-state index >= 15 is 0 Å². The van der Waals surface area contributed by atoms with Crippen LogP contribution in [-0.4, -0.2) is 46.5 Å². The fraction of sp³-hybridized carbons (Fsp3) is 0.172. The van der Waals surface area contributed by atoms with Crippen LogP contribution in [0.2, 0.25) is 0 Å². The molecule has 1 aliphatic rings. The number of H-pyrrole nitrogens is 1. The number of hydrogen-bond acceptors (Lipinski definition) is 6. The summed E-state index contributed by atoms with van der Waals surface area (Å²) >= 11 is 0. The molecule has 178 valence electrons. The molecule has 0 radical (unpaired) electrons. The molecule has 2 aromatic carbocycles. The Morgan fingerprint density at radius 3 is 2.53 bits per heavy atom. The summed E-state index contributed by atoms with van der Waals surface area (Å²) in [6.07, 6.45) is 7.79. The van der Waals surface area contributed by atoms with Crippen LogP contribution >= 0.6 is 0 Å². The molecule has 0 spiro atoms. The van der Waals surface area contributed by atoms with Crippen LogP contribution < -0.4 is 10.2 Å². The summed E-state index contributed by atoms with van der Waals surface area (Å²) in [4.78, 5) is 7.25. The van der Waals surface area contributed by atoms with Crippen LogP contribution in [0.15, 0.2) is 65.3 Å². The maximum atomic E-state index is 10.1. The molecule has 0 atom stereocenters. The number of hydrogen-bond donors (Lipinski definition) is 3. The predicted molar refractivity (Wildman–Crippen MR) is 142 cm³/mol. The van der Waals surface area contributed by atoms with E-state index in [1.807, 2.05) is 31.2 Å². The lowest BCUT2D eigenvalue weighted by Crippen LogP contribution is -2.43. The lowest BCUT2D eigenvalue weighted by Gasteiger charge is -2.29. The number of rotatable bonds is 4. The number of aromatic amines is 1. The highest BCUT2D eigenvalue weighted by Gasteiger charge is 2.23. The molecule has 4 heterocycles. The van der Waals surface area contributed by atoms with Crippen molar-refractivity contribution in [3.63, 3.8) is 0 Å². The Morgan fingerprint density at radius 2 is 1.83 bits per heavy atom. The van der Waals surface area contributed by atoms with Gasteiger partial charge in [0.25, 0.3) is 0 Å². The van der Waals surface area contributed by atoms with Gasteiger partial charge in [-0.3, -0.25) is 5.10 Å². The van der Waals surface area contributed by atoms with E-state index in [9.17, 15) is 5.11 Å². The first-order valence-electron chi connectivity index (χ1n) is 11.9. The van der Waals surface area contributed by atoms with Gasteiger partial charge in [-0.25, -0.2) is 4.98 Å². The monoisotopic (exact) mass is 475 g/mol. The second-order valence-corrected chi connectivity index (χ2v) is 8.91. The van der Waals surface area contributed by atoms with Gasteiger partial charge in [0.1, 0.15) is 11.4 Å². The average Bonchev–Trinajstić information content (AvgIpc) is 3.60. The summed E-state index contributed by atoms with van der Waals surface area (Å²) in [6, 6.07) is 17.6. The van der Waals surface area contributed by atoms with Crippen LogP contribution in [0, 0.1) is 19.3 Å². The van der Waals surface area contributed by atoms with E-state index in [4.69, 9.17) is 15.8 Å². The van der Waals surface area contributed by atoms with E-state index in [1.54, 1.807) is 12.3 Å². The molecule has 0 bridgehead atoms. The van der Waals surface area contributed by atoms with Gasteiger partial charge >= 0.3 is 0 Å². The zero-order chi connectivity index (χ0) is 24.6. The van der Waals surface area contributed by atoms with Gasteiger partial charge in [-0.15, -0.1) is 6.42 Å². The summed E-state index contributed by atoms with van der Waals surface area (Å²) in [5.41, 5.74) is 7.18. The number of furan rings is 1. The van der Waals surface area contributed by atoms with Gasteiger partial charge in [-0.1, -0.05) is 18.1 Å². The summed E-state index contributed by atoms with van der Waals surface area (Å²) in [5.74, 6) is 3.80. The molecule has 7 nitrogen and oxygen atoms in total. The minimum absolute atomic E-state index is 0.227. The molecule has 0 amide bonds. The van der Waals surface area contributed by atoms with Crippen LogP contribution in [-0.2, 0) is 0 Å². The third kappa shape index (κ3) is 3.69. The molecule has 1 aliphatic heterocycles. The van der Waals surface area contributed by atoms with Crippen LogP contribution in [0.5, 0.6) is 5.75 Å². The summed E-state index contributed by atoms with van der Waals surface area (Å²) in [7, 11) is 0. The molecule has 1 saturated heterocycles. The van der Waals surface area contributed by atoms with Crippen molar-refractivity contribution in [3.8, 4) is 51.9 Å². The van der Waals surface area contributed by atoms with Crippen molar-refractivity contribution in [2.45, 2.75) is 6.92 Å². The number of phenolic OH excluding ortho intramolecular Hbond substituents is 1. The summed E-state index contributed by atoms with van der Waals surface area (Å²) < 4.78 is 5.70. The third-order valence-corrected chi connectivity index (χ3v) is 6.72. The minimum atomic E-state index is 0.227. The highest BCUT2D eigenvalue weighted by molar-refractivity contribution is 6.06. The van der Waals surface area contributed by atoms with E-state index in [2.05, 4.69) is 50.6 Å². The van der Waals surface area contributed by atoms with Gasteiger partial charge < -0.3 is 19.7 Å². The second kappa shape index (κ2) is 8.91. The van der Waals surface area contributed by atoms with Crippen molar-refractivity contribution in [1.82, 2.24) is 20.5 Å². The number of aryl methyl sites for hydroxylation is 1. The molecule has 6 rings (SSSR count). The predicted octanol–water partition coefficient (Wildman–Crippen LogP) is 4.96. The van der Waals surface area contributed by atoms with E-state index in [-0.39, 0.29) is 5.75 Å². The first kappa shape index (κ1) is 22.0. The second-order valence-electron chi connectivity index (χ2n) is 8.91. The third-order valence-electron chi connectivity index (χ3n) is 6.72. The van der Waals surface area contributed by atoms with Crippen LogP contribution in [0.1, 0.15) is 11.1 Å². The normalized spacial score (nSPS) is 13.7. The van der Waals surface area contributed by atoms with Gasteiger partial charge in [-0.2, -0.15) is 5.10 Å². The van der Waals surface area contributed by atoms with Gasteiger partial charge in [0.05, 0.1) is 22.9 Å². The molecule has 1 fully saturated rings. The standard InChI is InChI=1S/C29H25N5O2/c1-3-22-25(19-6-9-21(10-7-19)34-14-12-30-13-15-34)26-28(24-5-4-16-36-24)32-33-29(26)31-27(22)20-8-11-23(35)18(2)17-20/h1,4-11,16-17,30,35H,12-15H2,2H3,(H,31,32,33). The maximum absolute atomic E-state index is 10.1. The van der Waals surface area contributed by atoms with E-state index < -0.39 is 0 Å². The molecule has 0 saturated carbocycles. The zero-order valence-corrected chi connectivity index (χ0v) is 19.9. The molecule has 5 aromatic rings. The molecule has 0 aliphatic carbocycles. The Hall–Kier alpha value is -4.54. The van der Waals surface area contributed by atoms with Gasteiger partial charge in [0.2, 0.25) is 0 Å². The molecule has 36 heavy (non-hydrogen) atoms. The van der Waals surface area contributed by atoms with Crippen LogP contribution in [0.3, 0.4) is 0 Å². The number of anilines is 1. The Labute approximate surface area is 208 Å². The number of phenols is 1. The number of pyridine rings is 1. The Balaban J connectivity index is 1.59. The van der Waals surface area contributed by atoms with Crippen molar-refractivity contribution < 1.29 is 9.52 Å². The molecule has 3 N–H and O–H groups in total. The summed E-state index contributed by atoms with van der Waals surface area (Å²) in [6.45, 7) is 5.76. The quantitative estimate of drug-likeness (QED) is 0.319. The van der Waals surface area contributed by atoms with Crippen molar-refractivity contribution in [2.75, 3.05) is 31.1 Å². The number of benzene rings is 2. The number of fused-ring (bicyclic) bond motifs is 1. The minimum Gasteiger partial charge on any atom is -0.508 e. The molecule has 3 aromatic heterocycles. The zero-order valence-electron chi connectivity index (χ0n) is 19.9. The maximum Gasteiger partial charge on any atom is 0.182 e. The fourth-order valence-electron chi connectivity index (χ4n) is 4.86. The number of nitrogens with one attached hydrogen (secondary N) is 2. The number of nitrogens with zero attached hydrogens (tertiary/aromatic N) is 3. The first-order valence-corrected chi connectivity index (χ1v) is 11.9. The van der Waals surface area contributed by atoms with Crippen molar-refractivity contribution in [2.24, 2.45) is 0 Å². The van der Waals surface area contributed by atoms with E-state index in [1.165, 1.54) is 5.69 Å². The SMILES string of the molecule is C#Cc1c(-c2ccc(O)c(C)c2)nc2n[nH]c(-c3ccco3)c2c1-c1ccc(N2CCNCC2)cc1. The topological polar surface area (TPSA) is 90.2 Å². The Kier molecular flexibility index (Phi) is 5.44. The number of aromatic hydroxyl groups is 1. The molecular weight excluding hydrogens is 450 g/mol. The molecular formula is C29H25N5O2. The Morgan fingerprint density at radius 1 is 1.06 bits per heavy atom. The molecule has 7 heteroatoms. The largest absolute Gasteiger partial charge is 0.508 e. The highest BCUT2D eigenvalue weighted by Crippen LogP contribution is 2.41. The van der Waals surface area contributed by atoms with Crippen molar-refractivity contribution in [3.05, 3.63) is 72.0 Å². The number of piperazine rings is 1. The molecule has 0 unspecified atom stereocenters. The highest BCUT2D eigenvalue weighted by atomic mass is 16.3. The summed E-state index contributed by atoms with van der Waals surface area (Å²) in [5, 5.41) is 21.9. The van der Waals surface area contributed by atoms with E-state index in [0.29, 0.717) is 22.7 Å². The van der Waals surface area contributed by atoms with Crippen LogP contribution in [0.25, 0.3) is 44.9 Å². The van der Waals surface area contributed by atoms with Crippen molar-refractivity contribution >= 4 is 16.7 Å². The van der Waals surface area contributed by atoms with Crippen LogP contribution in [0.4, 0.5) is 5.69 Å². The van der Waals surface area contributed by atoms with Crippen molar-refractivity contribution in [1.29, 1.82) is 0 Å². The number of aromatic nitrogens is 3. The lowest BCUT2D eigenvalue weighted by molar-refractivity contribution is 0.471. The average molecular weight is 476 g/mol. The first-order chi connectivity index (χ1) is 17.6. The van der Waals surface area contributed by atoms with E-state index in [0.717, 1.165) is 59.5 Å². The lowest BCUT2D eigenvalue weighted by atomic mass is 9.92.